The zero-order valence-corrected chi connectivity index (χ0v) is 9.92. The summed E-state index contributed by atoms with van der Waals surface area (Å²) in [7, 11) is 0. The van der Waals surface area contributed by atoms with Crippen molar-refractivity contribution in [2.24, 2.45) is 5.73 Å². The molecule has 2 N–H and O–H groups in total. The van der Waals surface area contributed by atoms with Gasteiger partial charge in [0.05, 0.1) is 6.04 Å². The minimum Gasteiger partial charge on any atom is -0.486 e. The molecule has 94 valence electrons. The van der Waals surface area contributed by atoms with Crippen molar-refractivity contribution >= 4 is 0 Å². The molecule has 1 aromatic heterocycles. The standard InChI is InChI=1S/C12H13N3O3/c1-7(13)11-14-15-12(18-11)8-2-3-9-10(6-8)17-5-4-16-9/h2-3,6-7H,4-5,13H2,1H3. The molecule has 18 heavy (non-hydrogen) atoms. The highest BCUT2D eigenvalue weighted by Crippen LogP contribution is 2.34. The fourth-order valence-electron chi connectivity index (χ4n) is 1.71. The van der Waals surface area contributed by atoms with E-state index < -0.39 is 0 Å². The number of aromatic nitrogens is 2. The van der Waals surface area contributed by atoms with Crippen LogP contribution in [-0.2, 0) is 0 Å². The van der Waals surface area contributed by atoms with E-state index in [0.29, 0.717) is 30.7 Å². The first-order valence-electron chi connectivity index (χ1n) is 5.73. The number of nitrogens with two attached hydrogens (primary N) is 1. The van der Waals surface area contributed by atoms with E-state index in [-0.39, 0.29) is 6.04 Å². The largest absolute Gasteiger partial charge is 0.486 e. The third kappa shape index (κ3) is 1.91. The third-order valence-corrected chi connectivity index (χ3v) is 2.62. The lowest BCUT2D eigenvalue weighted by Gasteiger charge is -2.18. The number of rotatable bonds is 2. The molecule has 6 nitrogen and oxygen atoms in total. The first kappa shape index (κ1) is 11.0. The highest BCUT2D eigenvalue weighted by Gasteiger charge is 2.16. The van der Waals surface area contributed by atoms with Gasteiger partial charge >= 0.3 is 0 Å². The summed E-state index contributed by atoms with van der Waals surface area (Å²) in [5.74, 6) is 2.27. The molecule has 2 aromatic rings. The molecule has 0 saturated heterocycles. The second kappa shape index (κ2) is 4.30. The zero-order chi connectivity index (χ0) is 12.5. The maximum Gasteiger partial charge on any atom is 0.247 e. The SMILES string of the molecule is CC(N)c1nnc(-c2ccc3c(c2)OCCO3)o1. The minimum absolute atomic E-state index is 0.275. The Morgan fingerprint density at radius 1 is 1.17 bits per heavy atom. The molecular weight excluding hydrogens is 234 g/mol. The Hall–Kier alpha value is -2.08. The summed E-state index contributed by atoms with van der Waals surface area (Å²) in [5, 5.41) is 7.85. The van der Waals surface area contributed by atoms with Crippen LogP contribution >= 0.6 is 0 Å². The molecule has 0 amide bonds. The summed E-state index contributed by atoms with van der Waals surface area (Å²) < 4.78 is 16.4. The lowest BCUT2D eigenvalue weighted by Crippen LogP contribution is -2.15. The molecule has 0 bridgehead atoms. The van der Waals surface area contributed by atoms with Crippen LogP contribution in [-0.4, -0.2) is 23.4 Å². The second-order valence-electron chi connectivity index (χ2n) is 4.09. The lowest BCUT2D eigenvalue weighted by molar-refractivity contribution is 0.171. The van der Waals surface area contributed by atoms with Gasteiger partial charge in [-0.25, -0.2) is 0 Å². The summed E-state index contributed by atoms with van der Waals surface area (Å²) in [6.45, 7) is 2.91. The van der Waals surface area contributed by atoms with Crippen LogP contribution in [0, 0.1) is 0 Å². The first-order valence-corrected chi connectivity index (χ1v) is 5.73. The molecule has 2 heterocycles. The quantitative estimate of drug-likeness (QED) is 0.866. The van der Waals surface area contributed by atoms with E-state index in [1.165, 1.54) is 0 Å². The van der Waals surface area contributed by atoms with Crippen molar-refractivity contribution < 1.29 is 13.9 Å². The van der Waals surface area contributed by atoms with Crippen molar-refractivity contribution in [1.29, 1.82) is 0 Å². The van der Waals surface area contributed by atoms with Crippen LogP contribution in [0.4, 0.5) is 0 Å². The van der Waals surface area contributed by atoms with Gasteiger partial charge < -0.3 is 19.6 Å². The summed E-state index contributed by atoms with van der Waals surface area (Å²) in [6.07, 6.45) is 0. The average Bonchev–Trinajstić information content (AvgIpc) is 2.88. The molecule has 0 radical (unpaired) electrons. The number of hydrogen-bond acceptors (Lipinski definition) is 6. The van der Waals surface area contributed by atoms with Crippen molar-refractivity contribution in [1.82, 2.24) is 10.2 Å². The fraction of sp³-hybridized carbons (Fsp3) is 0.333. The van der Waals surface area contributed by atoms with E-state index in [1.807, 2.05) is 18.2 Å². The van der Waals surface area contributed by atoms with Gasteiger partial charge in [0.15, 0.2) is 11.5 Å². The number of nitrogens with zero attached hydrogens (tertiary/aromatic N) is 2. The number of ether oxygens (including phenoxy) is 2. The van der Waals surface area contributed by atoms with E-state index in [4.69, 9.17) is 19.6 Å². The van der Waals surface area contributed by atoms with Gasteiger partial charge in [-0.3, -0.25) is 0 Å². The van der Waals surface area contributed by atoms with Crippen LogP contribution < -0.4 is 15.2 Å². The van der Waals surface area contributed by atoms with Gasteiger partial charge in [0, 0.05) is 5.56 Å². The van der Waals surface area contributed by atoms with Gasteiger partial charge in [-0.1, -0.05) is 0 Å². The van der Waals surface area contributed by atoms with Crippen molar-refractivity contribution in [3.8, 4) is 23.0 Å². The van der Waals surface area contributed by atoms with Crippen LogP contribution in [0.3, 0.4) is 0 Å². The molecule has 1 aromatic carbocycles. The lowest BCUT2D eigenvalue weighted by atomic mass is 10.2. The van der Waals surface area contributed by atoms with Gasteiger partial charge in [-0.05, 0) is 25.1 Å². The molecule has 3 rings (SSSR count). The summed E-state index contributed by atoms with van der Waals surface area (Å²) in [5.41, 5.74) is 6.47. The van der Waals surface area contributed by atoms with E-state index in [2.05, 4.69) is 10.2 Å². The number of benzene rings is 1. The third-order valence-electron chi connectivity index (χ3n) is 2.62. The summed E-state index contributed by atoms with van der Waals surface area (Å²) in [6, 6.07) is 5.24. The maximum atomic E-state index is 5.68. The number of fused-ring (bicyclic) bond motifs is 1. The van der Waals surface area contributed by atoms with Crippen molar-refractivity contribution in [2.75, 3.05) is 13.2 Å². The molecule has 1 atom stereocenters. The Morgan fingerprint density at radius 3 is 2.67 bits per heavy atom. The Balaban J connectivity index is 1.95. The summed E-state index contributed by atoms with van der Waals surface area (Å²) in [4.78, 5) is 0. The molecule has 0 aliphatic carbocycles. The Kier molecular flexibility index (Phi) is 2.64. The zero-order valence-electron chi connectivity index (χ0n) is 9.92. The molecular formula is C12H13N3O3. The van der Waals surface area contributed by atoms with E-state index in [1.54, 1.807) is 6.92 Å². The molecule has 0 saturated carbocycles. The van der Waals surface area contributed by atoms with Crippen LogP contribution in [0.1, 0.15) is 18.9 Å². The second-order valence-corrected chi connectivity index (χ2v) is 4.09. The Bertz CT molecular complexity index is 565. The normalized spacial score (nSPS) is 15.4. The van der Waals surface area contributed by atoms with Crippen molar-refractivity contribution in [3.63, 3.8) is 0 Å². The molecule has 0 spiro atoms. The highest BCUT2D eigenvalue weighted by molar-refractivity contribution is 5.59. The van der Waals surface area contributed by atoms with E-state index in [9.17, 15) is 0 Å². The minimum atomic E-state index is -0.275. The number of hydrogen-bond donors (Lipinski definition) is 1. The van der Waals surface area contributed by atoms with Gasteiger partial charge in [0.2, 0.25) is 11.8 Å². The molecule has 0 fully saturated rings. The van der Waals surface area contributed by atoms with E-state index >= 15 is 0 Å². The van der Waals surface area contributed by atoms with Crippen molar-refractivity contribution in [3.05, 3.63) is 24.1 Å². The Labute approximate surface area is 104 Å². The van der Waals surface area contributed by atoms with Crippen LogP contribution in [0.5, 0.6) is 11.5 Å². The summed E-state index contributed by atoms with van der Waals surface area (Å²) >= 11 is 0. The van der Waals surface area contributed by atoms with Crippen LogP contribution in [0.15, 0.2) is 22.6 Å². The highest BCUT2D eigenvalue weighted by atomic mass is 16.6. The smallest absolute Gasteiger partial charge is 0.247 e. The van der Waals surface area contributed by atoms with Gasteiger partial charge in [0.1, 0.15) is 13.2 Å². The fourth-order valence-corrected chi connectivity index (χ4v) is 1.71. The monoisotopic (exact) mass is 247 g/mol. The van der Waals surface area contributed by atoms with Gasteiger partial charge in [0.25, 0.3) is 0 Å². The van der Waals surface area contributed by atoms with Crippen LogP contribution in [0.25, 0.3) is 11.5 Å². The first-order chi connectivity index (χ1) is 8.74. The van der Waals surface area contributed by atoms with E-state index in [0.717, 1.165) is 11.3 Å². The molecule has 6 heteroatoms. The Morgan fingerprint density at radius 2 is 1.94 bits per heavy atom. The molecule has 1 aliphatic heterocycles. The topological polar surface area (TPSA) is 83.4 Å². The predicted molar refractivity (Wildman–Crippen MR) is 63.3 cm³/mol. The molecule has 1 aliphatic rings. The van der Waals surface area contributed by atoms with Gasteiger partial charge in [-0.15, -0.1) is 10.2 Å². The maximum absolute atomic E-state index is 5.68. The average molecular weight is 247 g/mol. The van der Waals surface area contributed by atoms with Crippen molar-refractivity contribution in [2.45, 2.75) is 13.0 Å². The molecule has 1 unspecified atom stereocenters. The van der Waals surface area contributed by atoms with Crippen LogP contribution in [0.2, 0.25) is 0 Å². The van der Waals surface area contributed by atoms with Gasteiger partial charge in [-0.2, -0.15) is 0 Å². The predicted octanol–water partition coefficient (Wildman–Crippen LogP) is 1.53.